The van der Waals surface area contributed by atoms with E-state index in [1.165, 1.54) is 12.1 Å². The van der Waals surface area contributed by atoms with E-state index < -0.39 is 21.8 Å². The summed E-state index contributed by atoms with van der Waals surface area (Å²) in [5, 5.41) is 21.9. The summed E-state index contributed by atoms with van der Waals surface area (Å²) in [4.78, 5) is 11.2. The quantitative estimate of drug-likeness (QED) is 0.641. The lowest BCUT2D eigenvalue weighted by Crippen LogP contribution is -2.98. The van der Waals surface area contributed by atoms with Gasteiger partial charge in [-0.15, -0.1) is 0 Å². The molecule has 0 aromatic heterocycles. The van der Waals surface area contributed by atoms with E-state index in [9.17, 15) is 23.4 Å². The van der Waals surface area contributed by atoms with Crippen molar-refractivity contribution in [3.05, 3.63) is 29.8 Å². The van der Waals surface area contributed by atoms with Gasteiger partial charge < -0.3 is 20.3 Å². The van der Waals surface area contributed by atoms with Crippen LogP contribution < -0.4 is 10.4 Å². The summed E-state index contributed by atoms with van der Waals surface area (Å²) in [5.74, 6) is -0.952. The molecule has 2 rings (SSSR count). The largest absolute Gasteiger partial charge is 0.544 e. The number of rotatable bonds is 5. The van der Waals surface area contributed by atoms with Gasteiger partial charge in [0.2, 0.25) is 0 Å². The number of sulfone groups is 1. The zero-order valence-corrected chi connectivity index (χ0v) is 11.7. The highest BCUT2D eigenvalue weighted by atomic mass is 32.2. The number of hydrogen-bond donors (Lipinski definition) is 2. The lowest BCUT2D eigenvalue weighted by atomic mass is 10.0. The topological polar surface area (TPSA) is 111 Å². The third-order valence-corrected chi connectivity index (χ3v) is 5.26. The van der Waals surface area contributed by atoms with Crippen molar-refractivity contribution in [1.82, 2.24) is 0 Å². The van der Waals surface area contributed by atoms with Crippen LogP contribution >= 0.6 is 0 Å². The van der Waals surface area contributed by atoms with Gasteiger partial charge in [0.15, 0.2) is 9.84 Å². The molecular weight excluding hydrogens is 282 g/mol. The molecule has 20 heavy (non-hydrogen) atoms. The summed E-state index contributed by atoms with van der Waals surface area (Å²) in [6, 6.07) is 5.22. The van der Waals surface area contributed by atoms with Crippen molar-refractivity contribution in [1.29, 1.82) is 0 Å². The molecule has 1 aliphatic rings. The fourth-order valence-corrected chi connectivity index (χ4v) is 4.18. The summed E-state index contributed by atoms with van der Waals surface area (Å²) in [6.07, 6.45) is 0.709. The highest BCUT2D eigenvalue weighted by Crippen LogP contribution is 2.11. The minimum absolute atomic E-state index is 0.0202. The van der Waals surface area contributed by atoms with Crippen molar-refractivity contribution in [2.75, 3.05) is 11.5 Å². The van der Waals surface area contributed by atoms with E-state index in [4.69, 9.17) is 0 Å². The normalized spacial score (nSPS) is 22.5. The number of carbonyl (C=O) groups excluding carboxylic acids is 1. The number of aromatic hydroxyl groups is 1. The minimum Gasteiger partial charge on any atom is -0.544 e. The Hall–Kier alpha value is -1.60. The van der Waals surface area contributed by atoms with Crippen LogP contribution in [-0.4, -0.2) is 43.1 Å². The molecule has 1 aliphatic heterocycles. The molecule has 0 radical (unpaired) electrons. The lowest BCUT2D eigenvalue weighted by Gasteiger charge is -2.20. The van der Waals surface area contributed by atoms with E-state index in [1.54, 1.807) is 17.4 Å². The molecule has 7 heteroatoms. The second-order valence-corrected chi connectivity index (χ2v) is 7.38. The van der Waals surface area contributed by atoms with Gasteiger partial charge in [-0.1, -0.05) is 12.1 Å². The second-order valence-electron chi connectivity index (χ2n) is 5.15. The molecule has 6 nitrogen and oxygen atoms in total. The second kappa shape index (κ2) is 5.80. The smallest absolute Gasteiger partial charge is 0.156 e. The average Bonchev–Trinajstić information content (AvgIpc) is 2.70. The van der Waals surface area contributed by atoms with Crippen molar-refractivity contribution < 1.29 is 28.7 Å². The Morgan fingerprint density at radius 2 is 2.05 bits per heavy atom. The molecule has 1 fully saturated rings. The van der Waals surface area contributed by atoms with E-state index in [-0.39, 0.29) is 29.7 Å². The third kappa shape index (κ3) is 3.94. The molecule has 110 valence electrons. The fraction of sp³-hybridized carbons (Fsp3) is 0.462. The van der Waals surface area contributed by atoms with Crippen LogP contribution in [0.1, 0.15) is 12.0 Å². The van der Waals surface area contributed by atoms with Gasteiger partial charge in [-0.05, 0) is 17.7 Å². The third-order valence-electron chi connectivity index (χ3n) is 3.47. The summed E-state index contributed by atoms with van der Waals surface area (Å²) < 4.78 is 22.8. The van der Waals surface area contributed by atoms with Crippen LogP contribution in [0.5, 0.6) is 5.75 Å². The van der Waals surface area contributed by atoms with Crippen LogP contribution in [0.15, 0.2) is 24.3 Å². The van der Waals surface area contributed by atoms with Crippen molar-refractivity contribution in [2.24, 2.45) is 0 Å². The number of carbonyl (C=O) groups is 1. The number of quaternary nitrogens is 1. The molecule has 0 saturated carbocycles. The molecular formula is C13H17NO5S. The number of carboxylic acid groups (broad SMARTS) is 1. The maximum atomic E-state index is 11.4. The van der Waals surface area contributed by atoms with Crippen LogP contribution in [0.4, 0.5) is 0 Å². The summed E-state index contributed by atoms with van der Waals surface area (Å²) in [7, 11) is -3.02. The van der Waals surface area contributed by atoms with Gasteiger partial charge in [-0.25, -0.2) is 8.42 Å². The van der Waals surface area contributed by atoms with E-state index in [2.05, 4.69) is 0 Å². The van der Waals surface area contributed by atoms with Crippen molar-refractivity contribution in [2.45, 2.75) is 24.9 Å². The van der Waals surface area contributed by atoms with Gasteiger partial charge in [0.1, 0.15) is 23.6 Å². The molecule has 0 bridgehead atoms. The predicted octanol–water partition coefficient (Wildman–Crippen LogP) is -2.20. The average molecular weight is 299 g/mol. The molecule has 0 unspecified atom stereocenters. The summed E-state index contributed by atoms with van der Waals surface area (Å²) in [6.45, 7) is 0. The van der Waals surface area contributed by atoms with Gasteiger partial charge in [-0.3, -0.25) is 0 Å². The standard InChI is InChI=1S/C13H17NO5S/c15-11-3-1-9(2-4-11)7-12(13(16)17)14-10-5-6-20(18,19)8-10/h1-4,10,12,14-15H,5-8H2,(H,16,17)/t10-,12-/m0/s1. The summed E-state index contributed by atoms with van der Waals surface area (Å²) >= 11 is 0. The minimum atomic E-state index is -3.02. The number of hydrogen-bond acceptors (Lipinski definition) is 5. The monoisotopic (exact) mass is 299 g/mol. The van der Waals surface area contributed by atoms with Gasteiger partial charge in [0, 0.05) is 12.8 Å². The summed E-state index contributed by atoms with van der Waals surface area (Å²) in [5.41, 5.74) is 0.758. The predicted molar refractivity (Wildman–Crippen MR) is 69.6 cm³/mol. The van der Waals surface area contributed by atoms with Crippen LogP contribution in [0, 0.1) is 0 Å². The molecule has 1 heterocycles. The maximum Gasteiger partial charge on any atom is 0.156 e. The molecule has 0 amide bonds. The van der Waals surface area contributed by atoms with E-state index in [0.717, 1.165) is 5.56 Å². The molecule has 1 saturated heterocycles. The van der Waals surface area contributed by atoms with Crippen LogP contribution in [0.3, 0.4) is 0 Å². The van der Waals surface area contributed by atoms with Crippen molar-refractivity contribution >= 4 is 15.8 Å². The first-order valence-corrected chi connectivity index (χ1v) is 8.22. The van der Waals surface area contributed by atoms with E-state index in [1.807, 2.05) is 0 Å². The fourth-order valence-electron chi connectivity index (χ4n) is 2.42. The number of carboxylic acids is 1. The van der Waals surface area contributed by atoms with E-state index in [0.29, 0.717) is 6.42 Å². The van der Waals surface area contributed by atoms with Crippen molar-refractivity contribution in [3.8, 4) is 5.75 Å². The molecule has 1 aromatic carbocycles. The zero-order chi connectivity index (χ0) is 14.8. The van der Waals surface area contributed by atoms with Crippen LogP contribution in [-0.2, 0) is 21.1 Å². The Morgan fingerprint density at radius 1 is 1.40 bits per heavy atom. The first kappa shape index (κ1) is 14.8. The number of nitrogens with two attached hydrogens (primary N) is 1. The molecule has 1 aromatic rings. The molecule has 2 atom stereocenters. The number of phenols is 1. The van der Waals surface area contributed by atoms with Gasteiger partial charge in [0.05, 0.1) is 11.7 Å². The van der Waals surface area contributed by atoms with Gasteiger partial charge >= 0.3 is 0 Å². The molecule has 0 spiro atoms. The number of aliphatic carboxylic acids is 1. The SMILES string of the molecule is O=C([O-])[C@H](Cc1ccc(O)cc1)[NH2+][C@H]1CCS(=O)(=O)C1. The number of benzene rings is 1. The number of phenolic OH excluding ortho intramolecular Hbond substituents is 1. The lowest BCUT2D eigenvalue weighted by molar-refractivity contribution is -0.710. The van der Waals surface area contributed by atoms with Gasteiger partial charge in [-0.2, -0.15) is 0 Å². The Labute approximate surface area is 117 Å². The maximum absolute atomic E-state index is 11.4. The van der Waals surface area contributed by atoms with Gasteiger partial charge in [0.25, 0.3) is 0 Å². The molecule has 3 N–H and O–H groups in total. The Bertz CT molecular complexity index is 581. The first-order chi connectivity index (χ1) is 9.35. The first-order valence-electron chi connectivity index (χ1n) is 6.40. The Balaban J connectivity index is 2.01. The zero-order valence-electron chi connectivity index (χ0n) is 10.9. The van der Waals surface area contributed by atoms with Crippen molar-refractivity contribution in [3.63, 3.8) is 0 Å². The highest BCUT2D eigenvalue weighted by Gasteiger charge is 2.32. The molecule has 0 aliphatic carbocycles. The van der Waals surface area contributed by atoms with E-state index >= 15 is 0 Å². The van der Waals surface area contributed by atoms with Crippen LogP contribution in [0.2, 0.25) is 0 Å². The van der Waals surface area contributed by atoms with Crippen LogP contribution in [0.25, 0.3) is 0 Å². The Morgan fingerprint density at radius 3 is 2.55 bits per heavy atom. The highest BCUT2D eigenvalue weighted by molar-refractivity contribution is 7.91. The Kier molecular flexibility index (Phi) is 4.29.